The van der Waals surface area contributed by atoms with Gasteiger partial charge < -0.3 is 14.7 Å². The van der Waals surface area contributed by atoms with Gasteiger partial charge in [0.1, 0.15) is 5.75 Å². The third kappa shape index (κ3) is 7.25. The number of hydrogen-bond acceptors (Lipinski definition) is 5. The van der Waals surface area contributed by atoms with E-state index in [2.05, 4.69) is 39.1 Å². The number of nitrogens with zero attached hydrogens (tertiary/aromatic N) is 3. The van der Waals surface area contributed by atoms with Crippen LogP contribution in [0.1, 0.15) is 49.7 Å². The molecule has 1 aromatic carbocycles. The van der Waals surface area contributed by atoms with Crippen LogP contribution in [-0.2, 0) is 17.6 Å². The Morgan fingerprint density at radius 3 is 2.71 bits per heavy atom. The Balaban J connectivity index is 1.31. The van der Waals surface area contributed by atoms with Crippen LogP contribution in [0.2, 0.25) is 0 Å². The summed E-state index contributed by atoms with van der Waals surface area (Å²) >= 11 is 0. The number of piperidine rings is 1. The van der Waals surface area contributed by atoms with E-state index in [1.54, 1.807) is 7.11 Å². The lowest BCUT2D eigenvalue weighted by Crippen LogP contribution is -2.41. The number of aryl methyl sites for hydroxylation is 2. The van der Waals surface area contributed by atoms with Crippen LogP contribution in [0.25, 0.3) is 10.9 Å². The molecular weight excluding hydrogens is 438 g/mol. The van der Waals surface area contributed by atoms with Crippen molar-refractivity contribution in [2.45, 2.75) is 51.4 Å². The van der Waals surface area contributed by atoms with Gasteiger partial charge in [-0.1, -0.05) is 0 Å². The van der Waals surface area contributed by atoms with Crippen molar-refractivity contribution in [2.75, 3.05) is 26.7 Å². The van der Waals surface area contributed by atoms with Crippen molar-refractivity contribution in [3.05, 3.63) is 66.1 Å². The van der Waals surface area contributed by atoms with Crippen molar-refractivity contribution in [2.24, 2.45) is 11.8 Å². The third-order valence-corrected chi connectivity index (χ3v) is 7.45. The molecule has 1 aliphatic heterocycles. The summed E-state index contributed by atoms with van der Waals surface area (Å²) < 4.78 is 5.42. The molecule has 0 bridgehead atoms. The second kappa shape index (κ2) is 12.6. The van der Waals surface area contributed by atoms with Gasteiger partial charge in [0.05, 0.1) is 12.6 Å². The number of pyridine rings is 2. The lowest BCUT2D eigenvalue weighted by molar-refractivity contribution is -0.137. The predicted molar refractivity (Wildman–Crippen MR) is 139 cm³/mol. The van der Waals surface area contributed by atoms with Crippen molar-refractivity contribution in [3.8, 4) is 5.75 Å². The Kier molecular flexibility index (Phi) is 9.07. The van der Waals surface area contributed by atoms with Crippen LogP contribution in [-0.4, -0.2) is 52.7 Å². The van der Waals surface area contributed by atoms with Crippen LogP contribution in [0.4, 0.5) is 0 Å². The maximum Gasteiger partial charge on any atom is 0.303 e. The third-order valence-electron chi connectivity index (χ3n) is 7.45. The van der Waals surface area contributed by atoms with E-state index < -0.39 is 5.97 Å². The molecule has 2 atom stereocenters. The van der Waals surface area contributed by atoms with Gasteiger partial charge in [-0.2, -0.15) is 0 Å². The second-order valence-electron chi connectivity index (χ2n) is 9.75. The van der Waals surface area contributed by atoms with E-state index in [-0.39, 0.29) is 6.42 Å². The maximum atomic E-state index is 11.3. The number of carboxylic acids is 1. The zero-order chi connectivity index (χ0) is 24.5. The number of likely N-dealkylation sites (tertiary alicyclic amines) is 1. The Bertz CT molecular complexity index is 1090. The molecule has 2 unspecified atom stereocenters. The first-order chi connectivity index (χ1) is 17.1. The number of carboxylic acid groups (broad SMARTS) is 1. The smallest absolute Gasteiger partial charge is 0.303 e. The first kappa shape index (κ1) is 25.1. The molecule has 0 radical (unpaired) electrons. The van der Waals surface area contributed by atoms with E-state index in [1.165, 1.54) is 16.5 Å². The van der Waals surface area contributed by atoms with Gasteiger partial charge in [-0.3, -0.25) is 14.8 Å². The number of methoxy groups -OCH3 is 1. The molecular formula is C29H37N3O3. The molecule has 3 aromatic rings. The Morgan fingerprint density at radius 1 is 1.06 bits per heavy atom. The van der Waals surface area contributed by atoms with Crippen LogP contribution >= 0.6 is 0 Å². The quantitative estimate of drug-likeness (QED) is 0.378. The molecule has 6 heteroatoms. The summed E-state index contributed by atoms with van der Waals surface area (Å²) in [6.45, 7) is 3.20. The van der Waals surface area contributed by atoms with Gasteiger partial charge in [0.15, 0.2) is 0 Å². The van der Waals surface area contributed by atoms with Crippen molar-refractivity contribution < 1.29 is 14.6 Å². The highest BCUT2D eigenvalue weighted by Crippen LogP contribution is 2.32. The van der Waals surface area contributed by atoms with Gasteiger partial charge in [0.25, 0.3) is 0 Å². The molecule has 3 heterocycles. The number of rotatable bonds is 12. The van der Waals surface area contributed by atoms with Gasteiger partial charge in [-0.05, 0) is 117 Å². The lowest BCUT2D eigenvalue weighted by Gasteiger charge is -2.39. The van der Waals surface area contributed by atoms with Crippen LogP contribution < -0.4 is 4.74 Å². The minimum absolute atomic E-state index is 0.265. The average Bonchev–Trinajstić information content (AvgIpc) is 2.88. The number of hydrogen-bond donors (Lipinski definition) is 1. The highest BCUT2D eigenvalue weighted by Gasteiger charge is 2.29. The van der Waals surface area contributed by atoms with Gasteiger partial charge in [-0.25, -0.2) is 0 Å². The average molecular weight is 476 g/mol. The summed E-state index contributed by atoms with van der Waals surface area (Å²) in [5.74, 6) is 1.22. The first-order valence-electron chi connectivity index (χ1n) is 12.9. The van der Waals surface area contributed by atoms with Crippen molar-refractivity contribution in [1.82, 2.24) is 14.9 Å². The molecule has 0 spiro atoms. The molecule has 1 N–H and O–H groups in total. The van der Waals surface area contributed by atoms with Gasteiger partial charge >= 0.3 is 5.97 Å². The minimum atomic E-state index is -0.684. The summed E-state index contributed by atoms with van der Waals surface area (Å²) in [4.78, 5) is 22.4. The fraction of sp³-hybridized carbons (Fsp3) is 0.483. The van der Waals surface area contributed by atoms with Gasteiger partial charge in [0.2, 0.25) is 0 Å². The lowest BCUT2D eigenvalue weighted by atomic mass is 9.79. The molecule has 35 heavy (non-hydrogen) atoms. The predicted octanol–water partition coefficient (Wildman–Crippen LogP) is 5.40. The summed E-state index contributed by atoms with van der Waals surface area (Å²) in [5.41, 5.74) is 3.64. The normalized spacial score (nSPS) is 18.5. The zero-order valence-electron chi connectivity index (χ0n) is 20.7. The Labute approximate surface area is 208 Å². The van der Waals surface area contributed by atoms with Crippen LogP contribution in [0, 0.1) is 11.8 Å². The second-order valence-corrected chi connectivity index (χ2v) is 9.75. The largest absolute Gasteiger partial charge is 0.497 e. The molecule has 0 saturated carbocycles. The zero-order valence-corrected chi connectivity index (χ0v) is 20.7. The van der Waals surface area contributed by atoms with E-state index >= 15 is 0 Å². The highest BCUT2D eigenvalue weighted by molar-refractivity contribution is 5.83. The number of aromatic nitrogens is 2. The van der Waals surface area contributed by atoms with E-state index in [9.17, 15) is 9.90 Å². The van der Waals surface area contributed by atoms with Crippen molar-refractivity contribution in [1.29, 1.82) is 0 Å². The fourth-order valence-electron chi connectivity index (χ4n) is 5.51. The Morgan fingerprint density at radius 2 is 1.91 bits per heavy atom. The summed E-state index contributed by atoms with van der Waals surface area (Å²) in [6.07, 6.45) is 13.2. The van der Waals surface area contributed by atoms with E-state index in [4.69, 9.17) is 4.74 Å². The molecule has 0 amide bonds. The maximum absolute atomic E-state index is 11.3. The Hall–Kier alpha value is -2.99. The highest BCUT2D eigenvalue weighted by atomic mass is 16.5. The molecule has 4 rings (SSSR count). The SMILES string of the molecule is COc1ccc2nccc(CCCC3CCN(CCCc4ccncc4)CC3CCC(=O)O)c2c1. The van der Waals surface area contributed by atoms with E-state index in [0.717, 1.165) is 75.8 Å². The monoisotopic (exact) mass is 475 g/mol. The van der Waals surface area contributed by atoms with Crippen LogP contribution in [0.3, 0.4) is 0 Å². The first-order valence-corrected chi connectivity index (χ1v) is 12.9. The van der Waals surface area contributed by atoms with Crippen molar-refractivity contribution in [3.63, 3.8) is 0 Å². The number of fused-ring (bicyclic) bond motifs is 1. The standard InChI is InChI=1S/C29H37N3O3/c1-35-26-8-9-28-27(20-26)24(13-17-31-28)6-2-5-23-14-19-32(21-25(23)7-10-29(33)34)18-3-4-22-11-15-30-16-12-22/h8-9,11-13,15-17,20,23,25H,2-7,10,14,18-19,21H2,1H3,(H,33,34). The number of carbonyl (C=O) groups is 1. The summed E-state index contributed by atoms with van der Waals surface area (Å²) in [6, 6.07) is 12.3. The molecule has 2 aromatic heterocycles. The van der Waals surface area contributed by atoms with Crippen LogP contribution in [0.5, 0.6) is 5.75 Å². The molecule has 1 saturated heterocycles. The summed E-state index contributed by atoms with van der Waals surface area (Å²) in [5, 5.41) is 10.5. The number of aliphatic carboxylic acids is 1. The minimum Gasteiger partial charge on any atom is -0.497 e. The topological polar surface area (TPSA) is 75.5 Å². The van der Waals surface area contributed by atoms with Gasteiger partial charge in [0, 0.05) is 36.9 Å². The van der Waals surface area contributed by atoms with Crippen molar-refractivity contribution >= 4 is 16.9 Å². The molecule has 1 aliphatic rings. The molecule has 0 aliphatic carbocycles. The number of ether oxygens (including phenoxy) is 1. The van der Waals surface area contributed by atoms with Crippen LogP contribution in [0.15, 0.2) is 55.0 Å². The van der Waals surface area contributed by atoms with Gasteiger partial charge in [-0.15, -0.1) is 0 Å². The summed E-state index contributed by atoms with van der Waals surface area (Å²) in [7, 11) is 1.69. The molecule has 186 valence electrons. The molecule has 6 nitrogen and oxygen atoms in total. The van der Waals surface area contributed by atoms with E-state index in [0.29, 0.717) is 11.8 Å². The number of benzene rings is 1. The molecule has 1 fully saturated rings. The fourth-order valence-corrected chi connectivity index (χ4v) is 5.51. The van der Waals surface area contributed by atoms with E-state index in [1.807, 2.05) is 30.7 Å².